The number of nitrogens with two attached hydrogens (primary N) is 2. The minimum absolute atomic E-state index is 0.0381. The van der Waals surface area contributed by atoms with Gasteiger partial charge in [-0.15, -0.1) is 0 Å². The summed E-state index contributed by atoms with van der Waals surface area (Å²) in [5, 5.41) is 20.6. The van der Waals surface area contributed by atoms with Gasteiger partial charge >= 0.3 is 22.4 Å². The van der Waals surface area contributed by atoms with Gasteiger partial charge in [-0.25, -0.2) is 28.6 Å². The van der Waals surface area contributed by atoms with Crippen LogP contribution in [0.3, 0.4) is 0 Å². The molecule has 0 saturated carbocycles. The SMILES string of the molecule is NC(=O)CSP(=O)(O)OP(=O)(O)OP(=O)(O)OC[C@H]1O[C@@H](n2cnc3c(N)ncnc32)[C@H](O)[C@@H]1O. The number of phosphoric ester groups is 1. The summed E-state index contributed by atoms with van der Waals surface area (Å²) in [5.41, 5.74) is 10.8. The summed E-state index contributed by atoms with van der Waals surface area (Å²) in [5.74, 6) is -1.78. The Morgan fingerprint density at radius 1 is 1.11 bits per heavy atom. The van der Waals surface area contributed by atoms with Gasteiger partial charge < -0.3 is 41.1 Å². The van der Waals surface area contributed by atoms with Crippen LogP contribution in [0.25, 0.3) is 11.2 Å². The number of hydrogen-bond acceptors (Lipinski definition) is 15. The molecule has 0 bridgehead atoms. The molecule has 0 radical (unpaired) electrons. The largest absolute Gasteiger partial charge is 0.488 e. The summed E-state index contributed by atoms with van der Waals surface area (Å²) in [4.78, 5) is 51.0. The molecule has 3 rings (SSSR count). The van der Waals surface area contributed by atoms with E-state index in [9.17, 15) is 43.4 Å². The van der Waals surface area contributed by atoms with E-state index in [0.29, 0.717) is 0 Å². The third-order valence-corrected chi connectivity index (χ3v) is 10.7. The van der Waals surface area contributed by atoms with E-state index in [0.717, 1.165) is 6.33 Å². The highest BCUT2D eigenvalue weighted by Gasteiger charge is 2.47. The number of imidazole rings is 1. The fourth-order valence-corrected chi connectivity index (χ4v) is 8.32. The smallest absolute Gasteiger partial charge is 0.387 e. The molecule has 23 heteroatoms. The number of hydrogen-bond donors (Lipinski definition) is 7. The maximum atomic E-state index is 12.0. The quantitative estimate of drug-likeness (QED) is 0.150. The Morgan fingerprint density at radius 3 is 2.46 bits per heavy atom. The maximum absolute atomic E-state index is 12.0. The highest BCUT2D eigenvalue weighted by Crippen LogP contribution is 2.71. The van der Waals surface area contributed by atoms with Crippen LogP contribution in [0.15, 0.2) is 12.7 Å². The van der Waals surface area contributed by atoms with Crippen LogP contribution in [-0.4, -0.2) is 81.0 Å². The van der Waals surface area contributed by atoms with Crippen LogP contribution in [0.1, 0.15) is 6.23 Å². The Morgan fingerprint density at radius 2 is 1.80 bits per heavy atom. The first-order valence-corrected chi connectivity index (χ1v) is 15.2. The second kappa shape index (κ2) is 10.5. The highest BCUT2D eigenvalue weighted by atomic mass is 32.7. The van der Waals surface area contributed by atoms with E-state index < -0.39 is 65.2 Å². The number of aliphatic hydroxyl groups excluding tert-OH is 2. The van der Waals surface area contributed by atoms with Gasteiger partial charge in [0.2, 0.25) is 5.91 Å². The predicted octanol–water partition coefficient (Wildman–Crippen LogP) is -1.40. The van der Waals surface area contributed by atoms with Crippen LogP contribution in [0.4, 0.5) is 5.82 Å². The molecule has 1 saturated heterocycles. The number of carbonyl (C=O) groups excluding carboxylic acids is 1. The van der Waals surface area contributed by atoms with Gasteiger partial charge in [0.25, 0.3) is 0 Å². The van der Waals surface area contributed by atoms with E-state index in [1.165, 1.54) is 10.9 Å². The molecular formula is C12H19N6O13P3S. The third kappa shape index (κ3) is 7.05. The number of aromatic nitrogens is 4. The molecule has 0 spiro atoms. The number of carbonyl (C=O) groups is 1. The molecule has 1 aliphatic heterocycles. The summed E-state index contributed by atoms with van der Waals surface area (Å²) < 4.78 is 54.6. The molecule has 7 atom stereocenters. The number of primary amides is 1. The molecular weight excluding hydrogens is 561 g/mol. The molecule has 1 amide bonds. The zero-order chi connectivity index (χ0) is 26.2. The number of anilines is 1. The van der Waals surface area contributed by atoms with E-state index in [2.05, 4.69) is 28.1 Å². The van der Waals surface area contributed by atoms with Gasteiger partial charge in [-0.3, -0.25) is 13.9 Å². The molecule has 0 aliphatic carbocycles. The van der Waals surface area contributed by atoms with Gasteiger partial charge in [0.1, 0.15) is 30.2 Å². The summed E-state index contributed by atoms with van der Waals surface area (Å²) in [6.07, 6.45) is -3.73. The Hall–Kier alpha value is -1.50. The first-order valence-electron chi connectivity index (χ1n) is 9.04. The molecule has 2 aromatic rings. The van der Waals surface area contributed by atoms with Crippen LogP contribution in [0.2, 0.25) is 0 Å². The zero-order valence-electron chi connectivity index (χ0n) is 17.1. The van der Waals surface area contributed by atoms with Crippen LogP contribution in [0.5, 0.6) is 0 Å². The standard InChI is InChI=1S/C12H19N6O13P3S/c13-6(19)2-35-34(26,27)31-33(24,25)30-32(22,23)28-1-5-8(20)9(21)12(29-5)18-4-17-7-10(14)15-3-16-11(7)18/h3-5,8-9,12,20-21H,1-2H2,(H2,13,19)(H,22,23)(H,24,25)(H,26,27)(H2,14,15,16)/t5-,8-,9-,12-/m1/s1. The van der Waals surface area contributed by atoms with Crippen molar-refractivity contribution in [2.75, 3.05) is 18.1 Å². The van der Waals surface area contributed by atoms with Gasteiger partial charge in [-0.1, -0.05) is 0 Å². The normalized spacial score (nSPS) is 27.8. The Balaban J connectivity index is 1.63. The van der Waals surface area contributed by atoms with Crippen LogP contribution in [0, 0.1) is 0 Å². The van der Waals surface area contributed by atoms with E-state index in [-0.39, 0.29) is 28.4 Å². The number of phosphoric acid groups is 2. The Labute approximate surface area is 198 Å². The van der Waals surface area contributed by atoms with Crippen molar-refractivity contribution in [3.63, 3.8) is 0 Å². The number of ether oxygens (including phenoxy) is 1. The van der Waals surface area contributed by atoms with Gasteiger partial charge in [0.05, 0.1) is 18.7 Å². The molecule has 2 aromatic heterocycles. The molecule has 196 valence electrons. The monoisotopic (exact) mass is 580 g/mol. The van der Waals surface area contributed by atoms with Crippen molar-refractivity contribution in [2.45, 2.75) is 24.5 Å². The first-order chi connectivity index (χ1) is 16.1. The van der Waals surface area contributed by atoms with E-state index in [1.54, 1.807) is 0 Å². The third-order valence-electron chi connectivity index (χ3n) is 4.18. The fraction of sp³-hybridized carbons (Fsp3) is 0.500. The fourth-order valence-electron chi connectivity index (χ4n) is 2.79. The van der Waals surface area contributed by atoms with Gasteiger partial charge in [-0.2, -0.15) is 8.62 Å². The molecule has 19 nitrogen and oxygen atoms in total. The van der Waals surface area contributed by atoms with Gasteiger partial charge in [0.15, 0.2) is 17.7 Å². The van der Waals surface area contributed by atoms with Crippen LogP contribution < -0.4 is 11.5 Å². The van der Waals surface area contributed by atoms with Crippen LogP contribution >= 0.6 is 33.8 Å². The molecule has 3 heterocycles. The number of amides is 1. The van der Waals surface area contributed by atoms with E-state index in [1.807, 2.05) is 0 Å². The highest BCUT2D eigenvalue weighted by molar-refractivity contribution is 8.55. The zero-order valence-corrected chi connectivity index (χ0v) is 20.6. The van der Waals surface area contributed by atoms with Crippen molar-refractivity contribution in [2.24, 2.45) is 5.73 Å². The number of fused-ring (bicyclic) bond motifs is 1. The Bertz CT molecular complexity index is 1250. The number of rotatable bonds is 11. The maximum Gasteiger partial charge on any atom is 0.488 e. The van der Waals surface area contributed by atoms with Crippen molar-refractivity contribution < 1.29 is 61.3 Å². The number of aliphatic hydroxyl groups is 2. The molecule has 1 aliphatic rings. The van der Waals surface area contributed by atoms with Crippen molar-refractivity contribution in [1.82, 2.24) is 19.5 Å². The average Bonchev–Trinajstić information content (AvgIpc) is 3.26. The lowest BCUT2D eigenvalue weighted by molar-refractivity contribution is -0.115. The van der Waals surface area contributed by atoms with Crippen molar-refractivity contribution in [1.29, 1.82) is 0 Å². The lowest BCUT2D eigenvalue weighted by Gasteiger charge is -2.20. The van der Waals surface area contributed by atoms with Gasteiger partial charge in [-0.05, 0) is 11.4 Å². The lowest BCUT2D eigenvalue weighted by atomic mass is 10.1. The second-order valence-corrected chi connectivity index (χ2v) is 13.8. The molecule has 3 unspecified atom stereocenters. The average molecular weight is 580 g/mol. The van der Waals surface area contributed by atoms with E-state index in [4.69, 9.17) is 16.2 Å². The summed E-state index contributed by atoms with van der Waals surface area (Å²) in [6.45, 7) is -5.97. The minimum Gasteiger partial charge on any atom is -0.387 e. The minimum atomic E-state index is -5.68. The predicted molar refractivity (Wildman–Crippen MR) is 115 cm³/mol. The summed E-state index contributed by atoms with van der Waals surface area (Å²) in [6, 6.07) is 0. The molecule has 1 fully saturated rings. The first kappa shape index (κ1) is 28.1. The number of nitrogen functional groups attached to an aromatic ring is 1. The van der Waals surface area contributed by atoms with Crippen molar-refractivity contribution in [3.8, 4) is 0 Å². The Kier molecular flexibility index (Phi) is 8.40. The van der Waals surface area contributed by atoms with Crippen molar-refractivity contribution >= 4 is 56.7 Å². The lowest BCUT2D eigenvalue weighted by Crippen LogP contribution is -2.33. The second-order valence-electron chi connectivity index (χ2n) is 6.73. The molecule has 9 N–H and O–H groups in total. The molecule has 35 heavy (non-hydrogen) atoms. The van der Waals surface area contributed by atoms with Gasteiger partial charge in [0, 0.05) is 0 Å². The summed E-state index contributed by atoms with van der Waals surface area (Å²) in [7, 11) is -11.1. The van der Waals surface area contributed by atoms with Crippen LogP contribution in [-0.2, 0) is 36.4 Å². The number of nitrogens with zero attached hydrogens (tertiary/aromatic N) is 4. The van der Waals surface area contributed by atoms with Crippen molar-refractivity contribution in [3.05, 3.63) is 12.7 Å². The van der Waals surface area contributed by atoms with E-state index >= 15 is 0 Å². The summed E-state index contributed by atoms with van der Waals surface area (Å²) >= 11 is -0.141. The topological polar surface area (TPSA) is 302 Å². The molecule has 0 aromatic carbocycles.